The molecule has 1 saturated heterocycles. The minimum atomic E-state index is -3.35. The summed E-state index contributed by atoms with van der Waals surface area (Å²) in [6.45, 7) is 2.90. The first-order chi connectivity index (χ1) is 11.6. The zero-order chi connectivity index (χ0) is 17.0. The Balaban J connectivity index is 1.51. The van der Waals surface area contributed by atoms with Gasteiger partial charge in [-0.15, -0.1) is 0 Å². The molecule has 1 aliphatic rings. The molecule has 0 amide bonds. The maximum Gasteiger partial charge on any atom is 0.243 e. The highest BCUT2D eigenvalue weighted by Crippen LogP contribution is 2.24. The first-order valence-electron chi connectivity index (χ1n) is 8.19. The molecule has 130 valence electrons. The van der Waals surface area contributed by atoms with Crippen LogP contribution in [0.1, 0.15) is 18.4 Å². The number of aromatic nitrogens is 1. The third-order valence-electron chi connectivity index (χ3n) is 4.71. The molecule has 3 rings (SSSR count). The molecule has 24 heavy (non-hydrogen) atoms. The first-order valence-corrected chi connectivity index (χ1v) is 10.6. The molecule has 2 aromatic heterocycles. The summed E-state index contributed by atoms with van der Waals surface area (Å²) in [5.41, 5.74) is 1.30. The number of piperidine rings is 1. The Morgan fingerprint density at radius 2 is 1.96 bits per heavy atom. The molecule has 0 aromatic carbocycles. The summed E-state index contributed by atoms with van der Waals surface area (Å²) in [7, 11) is -1.64. The molecule has 0 spiro atoms. The van der Waals surface area contributed by atoms with E-state index in [1.807, 2.05) is 29.9 Å². The van der Waals surface area contributed by atoms with Crippen molar-refractivity contribution in [2.75, 3.05) is 26.7 Å². The normalized spacial score (nSPS) is 17.4. The Morgan fingerprint density at radius 1 is 1.25 bits per heavy atom. The molecule has 1 aliphatic heterocycles. The van der Waals surface area contributed by atoms with Crippen LogP contribution >= 0.6 is 11.3 Å². The molecule has 0 radical (unpaired) electrons. The second kappa shape index (κ2) is 7.74. The molecule has 0 N–H and O–H groups in total. The molecule has 7 heteroatoms. The van der Waals surface area contributed by atoms with E-state index in [1.165, 1.54) is 16.9 Å². The van der Waals surface area contributed by atoms with E-state index in [2.05, 4.69) is 9.88 Å². The van der Waals surface area contributed by atoms with E-state index in [0.717, 1.165) is 38.9 Å². The van der Waals surface area contributed by atoms with E-state index in [4.69, 9.17) is 0 Å². The van der Waals surface area contributed by atoms with Crippen molar-refractivity contribution in [3.8, 4) is 0 Å². The average Bonchev–Trinajstić information content (AvgIpc) is 3.16. The van der Waals surface area contributed by atoms with Gasteiger partial charge in [-0.1, -0.05) is 0 Å². The zero-order valence-corrected chi connectivity index (χ0v) is 15.5. The molecule has 2 aromatic rings. The van der Waals surface area contributed by atoms with Crippen LogP contribution in [0.25, 0.3) is 0 Å². The number of likely N-dealkylation sites (tertiary alicyclic amines) is 1. The second-order valence-corrected chi connectivity index (χ2v) is 8.94. The summed E-state index contributed by atoms with van der Waals surface area (Å²) in [6, 6.07) is 5.87. The molecule has 5 nitrogen and oxygen atoms in total. The van der Waals surface area contributed by atoms with Crippen LogP contribution in [-0.2, 0) is 16.4 Å². The van der Waals surface area contributed by atoms with E-state index in [1.54, 1.807) is 22.8 Å². The summed E-state index contributed by atoms with van der Waals surface area (Å²) in [6.07, 6.45) is 6.43. The van der Waals surface area contributed by atoms with Gasteiger partial charge in [-0.05, 0) is 61.5 Å². The van der Waals surface area contributed by atoms with Crippen molar-refractivity contribution in [1.29, 1.82) is 0 Å². The first kappa shape index (κ1) is 17.5. The summed E-state index contributed by atoms with van der Waals surface area (Å²) >= 11 is 1.42. The highest BCUT2D eigenvalue weighted by molar-refractivity contribution is 7.89. The van der Waals surface area contributed by atoms with E-state index in [0.29, 0.717) is 4.90 Å². The van der Waals surface area contributed by atoms with Gasteiger partial charge in [0.2, 0.25) is 10.0 Å². The van der Waals surface area contributed by atoms with E-state index < -0.39 is 10.0 Å². The maximum absolute atomic E-state index is 12.6. The Labute approximate surface area is 148 Å². The number of hydrogen-bond donors (Lipinski definition) is 0. The van der Waals surface area contributed by atoms with Crippen LogP contribution in [0.2, 0.25) is 0 Å². The summed E-state index contributed by atoms with van der Waals surface area (Å²) in [5.74, 6) is 0. The van der Waals surface area contributed by atoms with Crippen molar-refractivity contribution in [3.63, 3.8) is 0 Å². The van der Waals surface area contributed by atoms with Gasteiger partial charge in [-0.25, -0.2) is 8.42 Å². The van der Waals surface area contributed by atoms with Crippen molar-refractivity contribution in [2.45, 2.75) is 30.2 Å². The van der Waals surface area contributed by atoms with Crippen molar-refractivity contribution < 1.29 is 8.42 Å². The fourth-order valence-corrected chi connectivity index (χ4v) is 5.54. The van der Waals surface area contributed by atoms with Gasteiger partial charge in [0, 0.05) is 37.4 Å². The Hall–Kier alpha value is -1.28. The SMILES string of the molecule is CN(C1CCN(CCc2ccncc2)CC1)S(=O)(=O)c1ccsc1. The predicted octanol–water partition coefficient (Wildman–Crippen LogP) is 2.47. The van der Waals surface area contributed by atoms with Gasteiger partial charge in [-0.3, -0.25) is 4.98 Å². The van der Waals surface area contributed by atoms with Gasteiger partial charge >= 0.3 is 0 Å². The summed E-state index contributed by atoms with van der Waals surface area (Å²) in [5, 5.41) is 3.51. The molecule has 3 heterocycles. The molecular formula is C17H23N3O2S2. The van der Waals surface area contributed by atoms with Gasteiger partial charge in [0.05, 0.1) is 4.90 Å². The monoisotopic (exact) mass is 365 g/mol. The minimum absolute atomic E-state index is 0.0899. The number of hydrogen-bond acceptors (Lipinski definition) is 5. The van der Waals surface area contributed by atoms with Crippen molar-refractivity contribution >= 4 is 21.4 Å². The smallest absolute Gasteiger partial charge is 0.243 e. The number of pyridine rings is 1. The van der Waals surface area contributed by atoms with Crippen molar-refractivity contribution in [3.05, 3.63) is 46.9 Å². The number of nitrogens with zero attached hydrogens (tertiary/aromatic N) is 3. The molecule has 0 bridgehead atoms. The molecule has 0 unspecified atom stereocenters. The third-order valence-corrected chi connectivity index (χ3v) is 7.45. The molecule has 0 atom stereocenters. The molecular weight excluding hydrogens is 342 g/mol. The number of rotatable bonds is 6. The Bertz CT molecular complexity index is 724. The van der Waals surface area contributed by atoms with Crippen LogP contribution in [-0.4, -0.2) is 55.3 Å². The maximum atomic E-state index is 12.6. The third kappa shape index (κ3) is 4.03. The lowest BCUT2D eigenvalue weighted by Gasteiger charge is -2.36. The van der Waals surface area contributed by atoms with Gasteiger partial charge in [-0.2, -0.15) is 15.6 Å². The van der Waals surface area contributed by atoms with Gasteiger partial charge in [0.15, 0.2) is 0 Å². The van der Waals surface area contributed by atoms with Gasteiger partial charge in [0.25, 0.3) is 0 Å². The van der Waals surface area contributed by atoms with Crippen molar-refractivity contribution in [1.82, 2.24) is 14.2 Å². The lowest BCUT2D eigenvalue weighted by Crippen LogP contribution is -2.45. The Morgan fingerprint density at radius 3 is 2.58 bits per heavy atom. The molecule has 1 fully saturated rings. The summed E-state index contributed by atoms with van der Waals surface area (Å²) in [4.78, 5) is 6.87. The quantitative estimate of drug-likeness (QED) is 0.789. The number of sulfonamides is 1. The van der Waals surface area contributed by atoms with Gasteiger partial charge in [0.1, 0.15) is 0 Å². The highest BCUT2D eigenvalue weighted by Gasteiger charge is 2.30. The fourth-order valence-electron chi connectivity index (χ4n) is 3.10. The predicted molar refractivity (Wildman–Crippen MR) is 96.7 cm³/mol. The van der Waals surface area contributed by atoms with Crippen LogP contribution in [0.5, 0.6) is 0 Å². The van der Waals surface area contributed by atoms with Crippen LogP contribution in [0.3, 0.4) is 0 Å². The minimum Gasteiger partial charge on any atom is -0.303 e. The molecule has 0 saturated carbocycles. The average molecular weight is 366 g/mol. The summed E-state index contributed by atoms with van der Waals surface area (Å²) < 4.78 is 26.8. The van der Waals surface area contributed by atoms with E-state index in [9.17, 15) is 8.42 Å². The van der Waals surface area contributed by atoms with Crippen molar-refractivity contribution in [2.24, 2.45) is 0 Å². The van der Waals surface area contributed by atoms with Crippen LogP contribution in [0.15, 0.2) is 46.2 Å². The van der Waals surface area contributed by atoms with Crippen LogP contribution in [0.4, 0.5) is 0 Å². The zero-order valence-electron chi connectivity index (χ0n) is 13.8. The van der Waals surface area contributed by atoms with Crippen LogP contribution in [0, 0.1) is 0 Å². The number of thiophene rings is 1. The lowest BCUT2D eigenvalue weighted by molar-refractivity contribution is 0.171. The van der Waals surface area contributed by atoms with Crippen LogP contribution < -0.4 is 0 Å². The standard InChI is InChI=1S/C17H23N3O2S2/c1-19(24(21,22)17-7-13-23-14-17)16-5-11-20(12-6-16)10-4-15-2-8-18-9-3-15/h2-3,7-9,13-14,16H,4-6,10-12H2,1H3. The Kier molecular flexibility index (Phi) is 5.65. The lowest BCUT2D eigenvalue weighted by atomic mass is 10.0. The fraction of sp³-hybridized carbons (Fsp3) is 0.471. The van der Waals surface area contributed by atoms with Gasteiger partial charge < -0.3 is 4.90 Å². The van der Waals surface area contributed by atoms with E-state index >= 15 is 0 Å². The largest absolute Gasteiger partial charge is 0.303 e. The molecule has 0 aliphatic carbocycles. The second-order valence-electron chi connectivity index (χ2n) is 6.16. The van der Waals surface area contributed by atoms with E-state index in [-0.39, 0.29) is 6.04 Å². The topological polar surface area (TPSA) is 53.5 Å². The highest BCUT2D eigenvalue weighted by atomic mass is 32.2.